The van der Waals surface area contributed by atoms with Crippen molar-refractivity contribution in [1.29, 1.82) is 0 Å². The number of benzene rings is 2. The van der Waals surface area contributed by atoms with Crippen LogP contribution in [0, 0.1) is 0 Å². The largest absolute Gasteiger partial charge is 0.449 e. The first kappa shape index (κ1) is 22.4. The van der Waals surface area contributed by atoms with Crippen LogP contribution in [0.3, 0.4) is 0 Å². The molecule has 0 unspecified atom stereocenters. The molecule has 1 fully saturated rings. The molecule has 0 radical (unpaired) electrons. The Kier molecular flexibility index (Phi) is 6.96. The van der Waals surface area contributed by atoms with Gasteiger partial charge >= 0.3 is 6.09 Å². The quantitative estimate of drug-likeness (QED) is 0.690. The summed E-state index contributed by atoms with van der Waals surface area (Å²) in [6, 6.07) is 13.8. The molecule has 0 atom stereocenters. The van der Waals surface area contributed by atoms with Gasteiger partial charge in [-0.1, -0.05) is 12.1 Å². The molecular formula is C22H25N3O5S. The fourth-order valence-corrected chi connectivity index (χ4v) is 4.70. The first-order valence-corrected chi connectivity index (χ1v) is 11.5. The number of amides is 2. The second-order valence-corrected chi connectivity index (χ2v) is 8.97. The number of ether oxygens (including phenoxy) is 1. The highest BCUT2D eigenvalue weighted by Gasteiger charge is 2.28. The number of nitrogens with one attached hydrogen (secondary N) is 1. The van der Waals surface area contributed by atoms with Crippen molar-refractivity contribution in [2.45, 2.75) is 13.3 Å². The minimum Gasteiger partial charge on any atom is -0.449 e. The Balaban J connectivity index is 1.57. The fourth-order valence-electron chi connectivity index (χ4n) is 3.13. The third-order valence-corrected chi connectivity index (χ3v) is 6.64. The summed E-state index contributed by atoms with van der Waals surface area (Å²) in [7, 11) is -1.60. The van der Waals surface area contributed by atoms with Crippen LogP contribution in [0.4, 0.5) is 21.9 Å². The van der Waals surface area contributed by atoms with Gasteiger partial charge in [0.05, 0.1) is 18.0 Å². The average Bonchev–Trinajstić information content (AvgIpc) is 3.12. The fraction of sp³-hybridized carbons (Fsp3) is 0.273. The average molecular weight is 444 g/mol. The van der Waals surface area contributed by atoms with Crippen LogP contribution in [0.1, 0.15) is 18.9 Å². The van der Waals surface area contributed by atoms with Crippen molar-refractivity contribution in [2.24, 2.45) is 0 Å². The molecule has 2 aromatic carbocycles. The molecule has 3 rings (SSSR count). The van der Waals surface area contributed by atoms with Crippen LogP contribution >= 0.6 is 0 Å². The van der Waals surface area contributed by atoms with Crippen LogP contribution in [0.5, 0.6) is 0 Å². The summed E-state index contributed by atoms with van der Waals surface area (Å²) in [5.74, 6) is -0.132. The highest BCUT2D eigenvalue weighted by atomic mass is 32.2. The maximum Gasteiger partial charge on any atom is 0.413 e. The summed E-state index contributed by atoms with van der Waals surface area (Å²) < 4.78 is 30.3. The number of hydrogen-bond acceptors (Lipinski definition) is 5. The Morgan fingerprint density at radius 1 is 1.13 bits per heavy atom. The molecule has 0 aromatic heterocycles. The van der Waals surface area contributed by atoms with Gasteiger partial charge in [-0.2, -0.15) is 0 Å². The van der Waals surface area contributed by atoms with Crippen molar-refractivity contribution in [3.63, 3.8) is 0 Å². The summed E-state index contributed by atoms with van der Waals surface area (Å²) in [4.78, 5) is 25.3. The zero-order valence-electron chi connectivity index (χ0n) is 17.4. The highest BCUT2D eigenvalue weighted by molar-refractivity contribution is 7.93. The summed E-state index contributed by atoms with van der Waals surface area (Å²) in [5.41, 5.74) is 2.64. The van der Waals surface area contributed by atoms with E-state index in [1.807, 2.05) is 0 Å². The van der Waals surface area contributed by atoms with E-state index >= 15 is 0 Å². The van der Waals surface area contributed by atoms with E-state index in [1.54, 1.807) is 68.6 Å². The number of hydrogen-bond donors (Lipinski definition) is 1. The van der Waals surface area contributed by atoms with Gasteiger partial charge in [-0.15, -0.1) is 0 Å². The summed E-state index contributed by atoms with van der Waals surface area (Å²) in [5, 5.41) is 2.75. The second kappa shape index (κ2) is 9.65. The molecule has 0 bridgehead atoms. The standard InChI is InChI=1S/C22H25N3O5S/c1-3-30-22(27)24(2)19-12-8-18(9-13-19)23-21(26)14-7-17-5-10-20(11-6-17)25-15-4-16-31(25,28)29/h5-14H,3-4,15-16H2,1-2H3,(H,23,26)/b14-7+. The molecule has 0 saturated carbocycles. The van der Waals surface area contributed by atoms with E-state index in [-0.39, 0.29) is 11.7 Å². The first-order chi connectivity index (χ1) is 14.8. The molecule has 31 heavy (non-hydrogen) atoms. The smallest absolute Gasteiger partial charge is 0.413 e. The van der Waals surface area contributed by atoms with Crippen LogP contribution in [-0.2, 0) is 19.6 Å². The third-order valence-electron chi connectivity index (χ3n) is 4.77. The maximum atomic E-state index is 12.2. The van der Waals surface area contributed by atoms with Crippen molar-refractivity contribution in [3.8, 4) is 0 Å². The molecule has 1 heterocycles. The van der Waals surface area contributed by atoms with E-state index in [0.717, 1.165) is 5.56 Å². The van der Waals surface area contributed by atoms with Crippen LogP contribution in [-0.4, -0.2) is 46.4 Å². The first-order valence-electron chi connectivity index (χ1n) is 9.90. The van der Waals surface area contributed by atoms with Gasteiger partial charge < -0.3 is 10.1 Å². The van der Waals surface area contributed by atoms with E-state index in [1.165, 1.54) is 15.3 Å². The predicted molar refractivity (Wildman–Crippen MR) is 122 cm³/mol. The lowest BCUT2D eigenvalue weighted by atomic mass is 10.2. The number of anilines is 3. The van der Waals surface area contributed by atoms with Gasteiger partial charge in [0.2, 0.25) is 15.9 Å². The van der Waals surface area contributed by atoms with Crippen molar-refractivity contribution >= 4 is 45.2 Å². The Morgan fingerprint density at radius 3 is 2.39 bits per heavy atom. The molecule has 0 spiro atoms. The number of nitrogens with zero attached hydrogens (tertiary/aromatic N) is 2. The molecule has 1 aliphatic rings. The molecule has 1 N–H and O–H groups in total. The van der Waals surface area contributed by atoms with Gasteiger partial charge in [0.15, 0.2) is 0 Å². The van der Waals surface area contributed by atoms with Gasteiger partial charge in [0, 0.05) is 31.0 Å². The minimum absolute atomic E-state index is 0.176. The lowest BCUT2D eigenvalue weighted by Gasteiger charge is -2.16. The van der Waals surface area contributed by atoms with E-state index < -0.39 is 16.1 Å². The van der Waals surface area contributed by atoms with Crippen LogP contribution in [0.15, 0.2) is 54.6 Å². The van der Waals surface area contributed by atoms with Crippen molar-refractivity contribution < 1.29 is 22.7 Å². The number of carbonyl (C=O) groups excluding carboxylic acids is 2. The Hall–Kier alpha value is -3.33. The van der Waals surface area contributed by atoms with Gasteiger partial charge in [0.25, 0.3) is 0 Å². The summed E-state index contributed by atoms with van der Waals surface area (Å²) in [6.07, 6.45) is 3.24. The van der Waals surface area contributed by atoms with Crippen molar-refractivity contribution in [3.05, 3.63) is 60.2 Å². The lowest BCUT2D eigenvalue weighted by Crippen LogP contribution is -2.26. The van der Waals surface area contributed by atoms with Crippen molar-refractivity contribution in [1.82, 2.24) is 0 Å². The third kappa shape index (κ3) is 5.64. The molecule has 1 aliphatic heterocycles. The van der Waals surface area contributed by atoms with Crippen LogP contribution in [0.2, 0.25) is 0 Å². The molecule has 9 heteroatoms. The normalized spacial score (nSPS) is 15.1. The molecule has 8 nitrogen and oxygen atoms in total. The summed E-state index contributed by atoms with van der Waals surface area (Å²) >= 11 is 0. The number of sulfonamides is 1. The molecule has 164 valence electrons. The monoisotopic (exact) mass is 443 g/mol. The van der Waals surface area contributed by atoms with E-state index in [0.29, 0.717) is 36.6 Å². The maximum absolute atomic E-state index is 12.2. The van der Waals surface area contributed by atoms with Crippen LogP contribution < -0.4 is 14.5 Å². The van der Waals surface area contributed by atoms with E-state index in [2.05, 4.69) is 5.32 Å². The molecule has 1 saturated heterocycles. The van der Waals surface area contributed by atoms with E-state index in [4.69, 9.17) is 4.74 Å². The van der Waals surface area contributed by atoms with Gasteiger partial charge in [0.1, 0.15) is 0 Å². The Bertz CT molecular complexity index is 1060. The minimum atomic E-state index is -3.21. The van der Waals surface area contributed by atoms with Crippen LogP contribution in [0.25, 0.3) is 6.08 Å². The molecular weight excluding hydrogens is 418 g/mol. The topological polar surface area (TPSA) is 96.0 Å². The summed E-state index contributed by atoms with van der Waals surface area (Å²) in [6.45, 7) is 2.53. The Labute approximate surface area is 182 Å². The Morgan fingerprint density at radius 2 is 1.81 bits per heavy atom. The van der Waals surface area contributed by atoms with E-state index in [9.17, 15) is 18.0 Å². The number of carbonyl (C=O) groups is 2. The van der Waals surface area contributed by atoms with Gasteiger partial charge in [-0.25, -0.2) is 13.2 Å². The highest BCUT2D eigenvalue weighted by Crippen LogP contribution is 2.24. The number of rotatable bonds is 6. The SMILES string of the molecule is CCOC(=O)N(C)c1ccc(NC(=O)/C=C/c2ccc(N3CCCS3(=O)=O)cc2)cc1. The van der Waals surface area contributed by atoms with Gasteiger partial charge in [-0.3, -0.25) is 14.0 Å². The van der Waals surface area contributed by atoms with Crippen molar-refractivity contribution in [2.75, 3.05) is 40.5 Å². The van der Waals surface area contributed by atoms with Gasteiger partial charge in [-0.05, 0) is 61.4 Å². The lowest BCUT2D eigenvalue weighted by molar-refractivity contribution is -0.111. The second-order valence-electron chi connectivity index (χ2n) is 6.96. The molecule has 0 aliphatic carbocycles. The molecule has 2 aromatic rings. The predicted octanol–water partition coefficient (Wildman–Crippen LogP) is 3.47. The zero-order valence-corrected chi connectivity index (χ0v) is 18.3. The zero-order chi connectivity index (χ0) is 22.4. The molecule has 2 amide bonds.